The van der Waals surface area contributed by atoms with E-state index in [4.69, 9.17) is 4.74 Å². The number of aromatic nitrogens is 1. The first-order valence-electron chi connectivity index (χ1n) is 6.52. The van der Waals surface area contributed by atoms with Crippen LogP contribution in [-0.4, -0.2) is 41.1 Å². The van der Waals surface area contributed by atoms with Gasteiger partial charge in [-0.1, -0.05) is 6.92 Å². The van der Waals surface area contributed by atoms with Crippen molar-refractivity contribution in [1.29, 1.82) is 0 Å². The zero-order valence-electron chi connectivity index (χ0n) is 10.6. The van der Waals surface area contributed by atoms with E-state index < -0.39 is 0 Å². The highest BCUT2D eigenvalue weighted by atomic mass is 16.5. The molecule has 0 aromatic carbocycles. The summed E-state index contributed by atoms with van der Waals surface area (Å²) in [6, 6.07) is 3.62. The van der Waals surface area contributed by atoms with Gasteiger partial charge in [-0.05, 0) is 30.9 Å². The van der Waals surface area contributed by atoms with Crippen LogP contribution in [-0.2, 0) is 4.74 Å². The Bertz CT molecular complexity index is 448. The van der Waals surface area contributed by atoms with Gasteiger partial charge in [-0.2, -0.15) is 0 Å². The Hall–Kier alpha value is -1.42. The molecule has 18 heavy (non-hydrogen) atoms. The summed E-state index contributed by atoms with van der Waals surface area (Å²) in [5.41, 5.74) is 0.595. The van der Waals surface area contributed by atoms with Gasteiger partial charge in [0.2, 0.25) is 0 Å². The maximum Gasteiger partial charge on any atom is 0.255 e. The van der Waals surface area contributed by atoms with Gasteiger partial charge in [-0.3, -0.25) is 9.78 Å². The molecule has 4 heteroatoms. The highest BCUT2D eigenvalue weighted by Crippen LogP contribution is 2.37. The molecule has 2 fully saturated rings. The average Bonchev–Trinajstić information content (AvgIpc) is 2.97. The molecule has 2 aliphatic heterocycles. The Morgan fingerprint density at radius 3 is 3.17 bits per heavy atom. The number of amides is 1. The lowest BCUT2D eigenvalue weighted by Gasteiger charge is -2.23. The van der Waals surface area contributed by atoms with Crippen molar-refractivity contribution in [3.63, 3.8) is 0 Å². The Morgan fingerprint density at radius 2 is 2.50 bits per heavy atom. The number of pyridine rings is 1. The maximum absolute atomic E-state index is 12.3. The van der Waals surface area contributed by atoms with Crippen LogP contribution in [0.15, 0.2) is 24.5 Å². The molecule has 3 rings (SSSR count). The van der Waals surface area contributed by atoms with Crippen molar-refractivity contribution in [2.75, 3.05) is 19.7 Å². The van der Waals surface area contributed by atoms with E-state index in [0.717, 1.165) is 32.5 Å². The van der Waals surface area contributed by atoms with Crippen molar-refractivity contribution in [3.05, 3.63) is 30.1 Å². The van der Waals surface area contributed by atoms with Crippen molar-refractivity contribution >= 4 is 5.91 Å². The molecular weight excluding hydrogens is 228 g/mol. The Labute approximate surface area is 107 Å². The number of rotatable bonds is 1. The molecule has 3 heterocycles. The highest BCUT2D eigenvalue weighted by molar-refractivity contribution is 5.94. The summed E-state index contributed by atoms with van der Waals surface area (Å²) in [4.78, 5) is 18.2. The lowest BCUT2D eigenvalue weighted by molar-refractivity contribution is 0.0118. The molecule has 2 saturated heterocycles. The van der Waals surface area contributed by atoms with Crippen molar-refractivity contribution in [2.45, 2.75) is 25.4 Å². The summed E-state index contributed by atoms with van der Waals surface area (Å²) in [5.74, 6) is 0.682. The first-order chi connectivity index (χ1) is 8.69. The topological polar surface area (TPSA) is 42.4 Å². The molecule has 2 atom stereocenters. The molecule has 1 spiro atoms. The molecule has 2 aliphatic rings. The molecule has 4 nitrogen and oxygen atoms in total. The molecule has 0 N–H and O–H groups in total. The van der Waals surface area contributed by atoms with E-state index in [1.165, 1.54) is 0 Å². The third-order valence-corrected chi connectivity index (χ3v) is 3.91. The lowest BCUT2D eigenvalue weighted by Crippen LogP contribution is -2.35. The first kappa shape index (κ1) is 11.7. The molecule has 0 aliphatic carbocycles. The van der Waals surface area contributed by atoms with E-state index in [0.29, 0.717) is 11.5 Å². The van der Waals surface area contributed by atoms with E-state index in [9.17, 15) is 4.79 Å². The Balaban J connectivity index is 1.71. The molecule has 0 radical (unpaired) electrons. The minimum absolute atomic E-state index is 0.0721. The quantitative estimate of drug-likeness (QED) is 0.757. The van der Waals surface area contributed by atoms with Crippen LogP contribution in [0, 0.1) is 5.92 Å². The van der Waals surface area contributed by atoms with Crippen molar-refractivity contribution < 1.29 is 9.53 Å². The van der Waals surface area contributed by atoms with Crippen LogP contribution in [0.25, 0.3) is 0 Å². The van der Waals surface area contributed by atoms with Crippen LogP contribution in [0.4, 0.5) is 0 Å². The second kappa shape index (κ2) is 4.35. The smallest absolute Gasteiger partial charge is 0.255 e. The summed E-state index contributed by atoms with van der Waals surface area (Å²) >= 11 is 0. The molecule has 2 unspecified atom stereocenters. The predicted molar refractivity (Wildman–Crippen MR) is 67.2 cm³/mol. The third kappa shape index (κ3) is 2.01. The Kier molecular flexibility index (Phi) is 2.82. The second-order valence-corrected chi connectivity index (χ2v) is 5.52. The second-order valence-electron chi connectivity index (χ2n) is 5.52. The zero-order valence-corrected chi connectivity index (χ0v) is 10.6. The minimum atomic E-state index is -0.0721. The monoisotopic (exact) mass is 246 g/mol. The number of carbonyl (C=O) groups is 1. The van der Waals surface area contributed by atoms with Crippen molar-refractivity contribution in [1.82, 2.24) is 9.88 Å². The largest absolute Gasteiger partial charge is 0.373 e. The summed E-state index contributed by atoms with van der Waals surface area (Å²) in [7, 11) is 0. The standard InChI is InChI=1S/C14H18N2O2/c1-11-7-14(18-9-11)4-6-16(10-14)13(17)12-3-2-5-15-8-12/h2-3,5,8,11H,4,6-7,9-10H2,1H3. The molecule has 1 aromatic rings. The minimum Gasteiger partial charge on any atom is -0.373 e. The summed E-state index contributed by atoms with van der Waals surface area (Å²) in [5, 5.41) is 0. The van der Waals surface area contributed by atoms with Gasteiger partial charge in [0.05, 0.1) is 24.3 Å². The number of carbonyl (C=O) groups excluding carboxylic acids is 1. The number of likely N-dealkylation sites (tertiary alicyclic amines) is 1. The predicted octanol–water partition coefficient (Wildman–Crippen LogP) is 1.72. The molecule has 0 saturated carbocycles. The van der Waals surface area contributed by atoms with E-state index in [2.05, 4.69) is 11.9 Å². The summed E-state index contributed by atoms with van der Waals surface area (Å²) < 4.78 is 5.92. The van der Waals surface area contributed by atoms with Crippen LogP contribution >= 0.6 is 0 Å². The molecule has 1 amide bonds. The molecule has 96 valence electrons. The number of ether oxygens (including phenoxy) is 1. The van der Waals surface area contributed by atoms with E-state index >= 15 is 0 Å². The maximum atomic E-state index is 12.3. The summed E-state index contributed by atoms with van der Waals surface area (Å²) in [6.45, 7) is 4.56. The van der Waals surface area contributed by atoms with Gasteiger partial charge in [0.15, 0.2) is 0 Å². The molecule has 0 bridgehead atoms. The van der Waals surface area contributed by atoms with Gasteiger partial charge in [-0.15, -0.1) is 0 Å². The van der Waals surface area contributed by atoms with Gasteiger partial charge in [0.1, 0.15) is 0 Å². The Morgan fingerprint density at radius 1 is 1.61 bits per heavy atom. The normalized spacial score (nSPS) is 31.2. The van der Waals surface area contributed by atoms with E-state index in [1.807, 2.05) is 11.0 Å². The third-order valence-electron chi connectivity index (χ3n) is 3.91. The highest BCUT2D eigenvalue weighted by Gasteiger charge is 2.45. The van der Waals surface area contributed by atoms with Gasteiger partial charge in [0, 0.05) is 18.9 Å². The van der Waals surface area contributed by atoms with Crippen LogP contribution in [0.5, 0.6) is 0 Å². The van der Waals surface area contributed by atoms with Gasteiger partial charge in [0.25, 0.3) is 5.91 Å². The molecule has 1 aromatic heterocycles. The van der Waals surface area contributed by atoms with Gasteiger partial charge >= 0.3 is 0 Å². The average molecular weight is 246 g/mol. The SMILES string of the molecule is CC1COC2(CCN(C(=O)c3cccnc3)C2)C1. The van der Waals surface area contributed by atoms with E-state index in [1.54, 1.807) is 18.5 Å². The fourth-order valence-corrected chi connectivity index (χ4v) is 3.05. The number of hydrogen-bond acceptors (Lipinski definition) is 3. The van der Waals surface area contributed by atoms with E-state index in [-0.39, 0.29) is 11.5 Å². The van der Waals surface area contributed by atoms with Crippen molar-refractivity contribution in [3.8, 4) is 0 Å². The first-order valence-corrected chi connectivity index (χ1v) is 6.52. The van der Waals surface area contributed by atoms with Gasteiger partial charge in [-0.25, -0.2) is 0 Å². The van der Waals surface area contributed by atoms with Crippen LogP contribution in [0.1, 0.15) is 30.1 Å². The van der Waals surface area contributed by atoms with Crippen LogP contribution in [0.3, 0.4) is 0 Å². The number of hydrogen-bond donors (Lipinski definition) is 0. The fourth-order valence-electron chi connectivity index (χ4n) is 3.05. The lowest BCUT2D eigenvalue weighted by atomic mass is 9.94. The summed E-state index contributed by atoms with van der Waals surface area (Å²) in [6.07, 6.45) is 5.35. The number of nitrogens with zero attached hydrogens (tertiary/aromatic N) is 2. The van der Waals surface area contributed by atoms with Crippen LogP contribution < -0.4 is 0 Å². The zero-order chi connectivity index (χ0) is 12.6. The fraction of sp³-hybridized carbons (Fsp3) is 0.571. The van der Waals surface area contributed by atoms with Crippen LogP contribution in [0.2, 0.25) is 0 Å². The van der Waals surface area contributed by atoms with Gasteiger partial charge < -0.3 is 9.64 Å². The van der Waals surface area contributed by atoms with Crippen molar-refractivity contribution in [2.24, 2.45) is 5.92 Å². The molecular formula is C14H18N2O2.